The molecule has 0 aliphatic rings. The highest BCUT2D eigenvalue weighted by Gasteiger charge is 2.15. The highest BCUT2D eigenvalue weighted by molar-refractivity contribution is 7.15. The van der Waals surface area contributed by atoms with Gasteiger partial charge in [-0.05, 0) is 36.8 Å². The summed E-state index contributed by atoms with van der Waals surface area (Å²) in [5.74, 6) is -0.324. The number of anilines is 1. The quantitative estimate of drug-likeness (QED) is 0.641. The molecular weight excluding hydrogens is 377 g/mol. The molecule has 126 valence electrons. The zero-order valence-electron chi connectivity index (χ0n) is 13.2. The van der Waals surface area contributed by atoms with Crippen molar-refractivity contribution in [3.63, 3.8) is 0 Å². The second-order valence-corrected chi connectivity index (χ2v) is 7.04. The van der Waals surface area contributed by atoms with Gasteiger partial charge in [0.05, 0.1) is 5.03 Å². The molecule has 7 heteroatoms. The van der Waals surface area contributed by atoms with Gasteiger partial charge in [0, 0.05) is 10.7 Å². The Morgan fingerprint density at radius 1 is 1.08 bits per heavy atom. The van der Waals surface area contributed by atoms with Crippen LogP contribution in [-0.4, -0.2) is 16.1 Å². The van der Waals surface area contributed by atoms with Crippen molar-refractivity contribution in [1.82, 2.24) is 10.2 Å². The Labute approximate surface area is 159 Å². The van der Waals surface area contributed by atoms with Crippen molar-refractivity contribution in [2.24, 2.45) is 0 Å². The van der Waals surface area contributed by atoms with Gasteiger partial charge in [0.15, 0.2) is 5.01 Å². The molecule has 0 saturated heterocycles. The molecule has 1 aromatic heterocycles. The summed E-state index contributed by atoms with van der Waals surface area (Å²) in [6, 6.07) is 14.8. The van der Waals surface area contributed by atoms with E-state index in [0.29, 0.717) is 20.7 Å². The van der Waals surface area contributed by atoms with Gasteiger partial charge in [-0.2, -0.15) is 0 Å². The number of amides is 1. The molecule has 25 heavy (non-hydrogen) atoms. The first-order chi connectivity index (χ1) is 12.0. The highest BCUT2D eigenvalue weighted by Crippen LogP contribution is 2.28. The van der Waals surface area contributed by atoms with Crippen LogP contribution >= 0.6 is 34.5 Å². The van der Waals surface area contributed by atoms with Gasteiger partial charge in [-0.15, -0.1) is 10.2 Å². The molecule has 0 spiro atoms. The molecule has 0 atom stereocenters. The minimum Gasteiger partial charge on any atom is -0.320 e. The van der Waals surface area contributed by atoms with Gasteiger partial charge in [-0.25, -0.2) is 0 Å². The maximum atomic E-state index is 12.3. The normalized spacial score (nSPS) is 11.4. The minimum atomic E-state index is -0.324. The summed E-state index contributed by atoms with van der Waals surface area (Å²) in [6.45, 7) is 1.98. The standard InChI is InChI=1S/C18H13Cl2N3OS/c1-11-6-8-13(9-7-11)21-16(24)18-23-22-17(25-18)15(20)10-12-4-2-3-5-14(12)19/h2-10H,1H3,(H,21,24)/b15-10-. The van der Waals surface area contributed by atoms with E-state index in [1.165, 1.54) is 0 Å². The van der Waals surface area contributed by atoms with Crippen LogP contribution in [0.3, 0.4) is 0 Å². The van der Waals surface area contributed by atoms with E-state index in [0.717, 1.165) is 22.5 Å². The summed E-state index contributed by atoms with van der Waals surface area (Å²) in [6.07, 6.45) is 1.70. The maximum Gasteiger partial charge on any atom is 0.286 e. The fourth-order valence-corrected chi connectivity index (χ4v) is 3.13. The Kier molecular flexibility index (Phi) is 5.48. The second-order valence-electron chi connectivity index (χ2n) is 5.25. The molecule has 0 fully saturated rings. The van der Waals surface area contributed by atoms with E-state index in [1.54, 1.807) is 12.1 Å². The van der Waals surface area contributed by atoms with E-state index in [-0.39, 0.29) is 10.9 Å². The summed E-state index contributed by atoms with van der Waals surface area (Å²) >= 11 is 13.5. The highest BCUT2D eigenvalue weighted by atomic mass is 35.5. The van der Waals surface area contributed by atoms with Gasteiger partial charge in [0.2, 0.25) is 5.01 Å². The first-order valence-corrected chi connectivity index (χ1v) is 8.94. The molecule has 0 bridgehead atoms. The van der Waals surface area contributed by atoms with Gasteiger partial charge in [0.25, 0.3) is 5.91 Å². The molecule has 0 radical (unpaired) electrons. The second kappa shape index (κ2) is 7.78. The van der Waals surface area contributed by atoms with Crippen molar-refractivity contribution in [2.45, 2.75) is 6.92 Å². The Hall–Kier alpha value is -2.21. The molecule has 4 nitrogen and oxygen atoms in total. The Bertz CT molecular complexity index is 936. The number of hydrogen-bond donors (Lipinski definition) is 1. The molecule has 2 aromatic carbocycles. The van der Waals surface area contributed by atoms with E-state index in [1.807, 2.05) is 49.4 Å². The fourth-order valence-electron chi connectivity index (χ4n) is 2.02. The van der Waals surface area contributed by atoms with Crippen LogP contribution in [0.25, 0.3) is 11.1 Å². The van der Waals surface area contributed by atoms with Crippen molar-refractivity contribution >= 4 is 57.2 Å². The Balaban J connectivity index is 1.76. The van der Waals surface area contributed by atoms with Crippen molar-refractivity contribution in [1.29, 1.82) is 0 Å². The average molecular weight is 390 g/mol. The molecule has 0 aliphatic carbocycles. The van der Waals surface area contributed by atoms with E-state index >= 15 is 0 Å². The van der Waals surface area contributed by atoms with Crippen LogP contribution in [0, 0.1) is 6.92 Å². The van der Waals surface area contributed by atoms with Crippen molar-refractivity contribution in [3.05, 3.63) is 74.7 Å². The third kappa shape index (κ3) is 4.45. The number of nitrogens with one attached hydrogen (secondary N) is 1. The van der Waals surface area contributed by atoms with Crippen LogP contribution in [0.5, 0.6) is 0 Å². The Morgan fingerprint density at radius 3 is 2.48 bits per heavy atom. The third-order valence-corrected chi connectivity index (χ3v) is 5.02. The predicted molar refractivity (Wildman–Crippen MR) is 104 cm³/mol. The minimum absolute atomic E-state index is 0.237. The van der Waals surface area contributed by atoms with Crippen LogP contribution in [0.15, 0.2) is 48.5 Å². The number of carbonyl (C=O) groups excluding carboxylic acids is 1. The lowest BCUT2D eigenvalue weighted by Gasteiger charge is -2.02. The van der Waals surface area contributed by atoms with Crippen molar-refractivity contribution in [3.8, 4) is 0 Å². The van der Waals surface area contributed by atoms with Crippen molar-refractivity contribution in [2.75, 3.05) is 5.32 Å². The molecule has 1 amide bonds. The van der Waals surface area contributed by atoms with Gasteiger partial charge < -0.3 is 5.32 Å². The maximum absolute atomic E-state index is 12.3. The van der Waals surface area contributed by atoms with Gasteiger partial charge in [0.1, 0.15) is 0 Å². The summed E-state index contributed by atoms with van der Waals surface area (Å²) < 4.78 is 0. The number of aryl methyl sites for hydroxylation is 1. The molecular formula is C18H13Cl2N3OS. The first-order valence-electron chi connectivity index (χ1n) is 7.36. The van der Waals surface area contributed by atoms with E-state index in [9.17, 15) is 4.79 Å². The monoisotopic (exact) mass is 389 g/mol. The Morgan fingerprint density at radius 2 is 1.76 bits per heavy atom. The summed E-state index contributed by atoms with van der Waals surface area (Å²) in [7, 11) is 0. The number of hydrogen-bond acceptors (Lipinski definition) is 4. The SMILES string of the molecule is Cc1ccc(NC(=O)c2nnc(/C(Cl)=C/c3ccccc3Cl)s2)cc1. The van der Waals surface area contributed by atoms with E-state index in [4.69, 9.17) is 23.2 Å². The molecule has 0 unspecified atom stereocenters. The van der Waals surface area contributed by atoms with Crippen LogP contribution in [-0.2, 0) is 0 Å². The summed E-state index contributed by atoms with van der Waals surface area (Å²) in [4.78, 5) is 12.3. The van der Waals surface area contributed by atoms with E-state index < -0.39 is 0 Å². The number of carbonyl (C=O) groups is 1. The molecule has 0 saturated carbocycles. The average Bonchev–Trinajstić information content (AvgIpc) is 3.09. The van der Waals surface area contributed by atoms with Crippen LogP contribution in [0.1, 0.15) is 25.9 Å². The number of halogens is 2. The van der Waals surface area contributed by atoms with Gasteiger partial charge >= 0.3 is 0 Å². The molecule has 3 aromatic rings. The molecule has 0 aliphatic heterocycles. The zero-order valence-corrected chi connectivity index (χ0v) is 15.5. The van der Waals surface area contributed by atoms with Crippen LogP contribution in [0.4, 0.5) is 5.69 Å². The smallest absolute Gasteiger partial charge is 0.286 e. The van der Waals surface area contributed by atoms with Gasteiger partial charge in [-0.3, -0.25) is 4.79 Å². The largest absolute Gasteiger partial charge is 0.320 e. The number of aromatic nitrogens is 2. The van der Waals surface area contributed by atoms with Gasteiger partial charge in [-0.1, -0.05) is 70.4 Å². The lowest BCUT2D eigenvalue weighted by atomic mass is 10.2. The third-order valence-electron chi connectivity index (χ3n) is 3.32. The number of nitrogens with zero attached hydrogens (tertiary/aromatic N) is 2. The lowest BCUT2D eigenvalue weighted by Crippen LogP contribution is -2.11. The first kappa shape index (κ1) is 17.6. The summed E-state index contributed by atoms with van der Waals surface area (Å²) in [5, 5.41) is 12.3. The molecule has 3 rings (SSSR count). The van der Waals surface area contributed by atoms with Crippen LogP contribution in [0.2, 0.25) is 5.02 Å². The number of rotatable bonds is 4. The summed E-state index contributed by atoms with van der Waals surface area (Å²) in [5.41, 5.74) is 2.59. The zero-order chi connectivity index (χ0) is 17.8. The number of benzene rings is 2. The topological polar surface area (TPSA) is 54.9 Å². The molecule has 1 N–H and O–H groups in total. The van der Waals surface area contributed by atoms with Crippen molar-refractivity contribution < 1.29 is 4.79 Å². The molecule has 1 heterocycles. The lowest BCUT2D eigenvalue weighted by molar-refractivity contribution is 0.102. The fraction of sp³-hybridized carbons (Fsp3) is 0.0556. The predicted octanol–water partition coefficient (Wildman–Crippen LogP) is 5.49. The van der Waals surface area contributed by atoms with E-state index in [2.05, 4.69) is 15.5 Å². The van der Waals surface area contributed by atoms with Crippen LogP contribution < -0.4 is 5.32 Å².